The van der Waals surface area contributed by atoms with E-state index in [-0.39, 0.29) is 23.5 Å². The van der Waals surface area contributed by atoms with Gasteiger partial charge in [0.25, 0.3) is 5.56 Å². The van der Waals surface area contributed by atoms with Crippen LogP contribution in [0.2, 0.25) is 5.02 Å². The monoisotopic (exact) mass is 428 g/mol. The van der Waals surface area contributed by atoms with Crippen LogP contribution >= 0.6 is 11.6 Å². The van der Waals surface area contributed by atoms with Gasteiger partial charge in [-0.25, -0.2) is 9.97 Å². The van der Waals surface area contributed by atoms with Crippen LogP contribution in [-0.2, 0) is 18.4 Å². The van der Waals surface area contributed by atoms with Gasteiger partial charge >= 0.3 is 0 Å². The number of hydrogen-bond donors (Lipinski definition) is 1. The van der Waals surface area contributed by atoms with Gasteiger partial charge in [-0.2, -0.15) is 0 Å². The lowest BCUT2D eigenvalue weighted by atomic mass is 10.0. The Kier molecular flexibility index (Phi) is 6.07. The zero-order valence-corrected chi connectivity index (χ0v) is 17.8. The lowest BCUT2D eigenvalue weighted by molar-refractivity contribution is -0.116. The van der Waals surface area contributed by atoms with Crippen LogP contribution in [0.3, 0.4) is 0 Å². The van der Waals surface area contributed by atoms with Crippen molar-refractivity contribution in [2.45, 2.75) is 13.5 Å². The van der Waals surface area contributed by atoms with E-state index in [2.05, 4.69) is 21.9 Å². The van der Waals surface area contributed by atoms with Crippen LogP contribution in [0.15, 0.2) is 35.8 Å². The number of hydrogen-bond acceptors (Lipinski definition) is 6. The second-order valence-corrected chi connectivity index (χ2v) is 6.88. The standard InChI is InChI=1S/C21H21ClN4O4/c1-6-17(27)24-10-16-23-9-12-7-13(26(3)21(28)20(12)25-16)18-11(2)14(29-4)8-15(30-5)19(18)22/h6-9H,1,10H2,2-5H3,(H,24,27). The molecule has 0 aliphatic heterocycles. The van der Waals surface area contributed by atoms with Crippen molar-refractivity contribution in [2.24, 2.45) is 7.05 Å². The van der Waals surface area contributed by atoms with Gasteiger partial charge in [-0.05, 0) is 19.1 Å². The normalized spacial score (nSPS) is 10.7. The van der Waals surface area contributed by atoms with Crippen molar-refractivity contribution in [3.05, 3.63) is 57.7 Å². The third kappa shape index (κ3) is 3.73. The molecule has 0 bridgehead atoms. The summed E-state index contributed by atoms with van der Waals surface area (Å²) in [5.41, 5.74) is 1.88. The molecular formula is C21H21ClN4O4. The molecule has 3 aromatic rings. The zero-order valence-electron chi connectivity index (χ0n) is 17.1. The zero-order chi connectivity index (χ0) is 22.0. The Balaban J connectivity index is 2.20. The molecular weight excluding hydrogens is 408 g/mol. The van der Waals surface area contributed by atoms with Crippen molar-refractivity contribution < 1.29 is 14.3 Å². The highest BCUT2D eigenvalue weighted by Gasteiger charge is 2.20. The molecule has 30 heavy (non-hydrogen) atoms. The van der Waals surface area contributed by atoms with Crippen LogP contribution in [-0.4, -0.2) is 34.7 Å². The summed E-state index contributed by atoms with van der Waals surface area (Å²) in [5, 5.41) is 3.50. The number of nitrogens with zero attached hydrogens (tertiary/aromatic N) is 3. The summed E-state index contributed by atoms with van der Waals surface area (Å²) in [5.74, 6) is 0.994. The predicted molar refractivity (Wildman–Crippen MR) is 115 cm³/mol. The fourth-order valence-corrected chi connectivity index (χ4v) is 3.52. The Bertz CT molecular complexity index is 1190. The molecule has 0 aliphatic carbocycles. The molecule has 0 radical (unpaired) electrons. The quantitative estimate of drug-likeness (QED) is 0.606. The number of amides is 1. The molecule has 1 amide bonds. The predicted octanol–water partition coefficient (Wildman–Crippen LogP) is 2.78. The molecule has 156 valence electrons. The third-order valence-corrected chi connectivity index (χ3v) is 5.15. The van der Waals surface area contributed by atoms with Gasteiger partial charge in [-0.15, -0.1) is 0 Å². The Morgan fingerprint density at radius 1 is 1.30 bits per heavy atom. The van der Waals surface area contributed by atoms with Gasteiger partial charge in [-0.1, -0.05) is 18.2 Å². The number of pyridine rings is 1. The number of nitrogens with one attached hydrogen (secondary N) is 1. The van der Waals surface area contributed by atoms with Gasteiger partial charge in [0.1, 0.15) is 22.8 Å². The summed E-state index contributed by atoms with van der Waals surface area (Å²) >= 11 is 6.59. The minimum absolute atomic E-state index is 0.0870. The molecule has 2 aromatic heterocycles. The van der Waals surface area contributed by atoms with Gasteiger partial charge < -0.3 is 19.4 Å². The molecule has 2 heterocycles. The summed E-state index contributed by atoms with van der Waals surface area (Å²) in [6.45, 7) is 5.34. The first-order valence-electron chi connectivity index (χ1n) is 8.99. The molecule has 0 unspecified atom stereocenters. The van der Waals surface area contributed by atoms with E-state index in [0.29, 0.717) is 39.0 Å². The van der Waals surface area contributed by atoms with Gasteiger partial charge in [0.15, 0.2) is 0 Å². The molecule has 0 aliphatic rings. The van der Waals surface area contributed by atoms with Crippen LogP contribution in [0.1, 0.15) is 11.4 Å². The molecule has 1 aromatic carbocycles. The molecule has 8 nitrogen and oxygen atoms in total. The second-order valence-electron chi connectivity index (χ2n) is 6.50. The Hall–Kier alpha value is -3.39. The van der Waals surface area contributed by atoms with Crippen LogP contribution in [0.4, 0.5) is 0 Å². The number of benzene rings is 1. The molecule has 3 rings (SSSR count). The van der Waals surface area contributed by atoms with E-state index in [0.717, 1.165) is 11.6 Å². The van der Waals surface area contributed by atoms with E-state index in [1.165, 1.54) is 11.7 Å². The van der Waals surface area contributed by atoms with Crippen LogP contribution in [0.5, 0.6) is 11.5 Å². The average Bonchev–Trinajstić information content (AvgIpc) is 2.75. The van der Waals surface area contributed by atoms with Crippen molar-refractivity contribution in [1.29, 1.82) is 0 Å². The minimum atomic E-state index is -0.348. The minimum Gasteiger partial charge on any atom is -0.496 e. The summed E-state index contributed by atoms with van der Waals surface area (Å²) in [4.78, 5) is 33.0. The van der Waals surface area contributed by atoms with E-state index in [1.807, 2.05) is 6.92 Å². The van der Waals surface area contributed by atoms with Gasteiger partial charge in [0.2, 0.25) is 5.91 Å². The number of rotatable bonds is 6. The Morgan fingerprint density at radius 2 is 2.00 bits per heavy atom. The number of carbonyl (C=O) groups is 1. The molecule has 0 saturated heterocycles. The maximum Gasteiger partial charge on any atom is 0.277 e. The van der Waals surface area contributed by atoms with E-state index in [1.54, 1.807) is 32.5 Å². The Morgan fingerprint density at radius 3 is 2.63 bits per heavy atom. The maximum atomic E-state index is 13.1. The van der Waals surface area contributed by atoms with Crippen LogP contribution in [0.25, 0.3) is 22.2 Å². The third-order valence-electron chi connectivity index (χ3n) is 4.77. The van der Waals surface area contributed by atoms with Crippen molar-refractivity contribution in [1.82, 2.24) is 19.9 Å². The summed E-state index contributed by atoms with van der Waals surface area (Å²) in [6.07, 6.45) is 2.70. The number of methoxy groups -OCH3 is 2. The molecule has 0 fully saturated rings. The summed E-state index contributed by atoms with van der Waals surface area (Å²) in [7, 11) is 4.71. The smallest absolute Gasteiger partial charge is 0.277 e. The number of aromatic nitrogens is 3. The first kappa shape index (κ1) is 21.3. The number of ether oxygens (including phenoxy) is 2. The Labute approximate surface area is 178 Å². The van der Waals surface area contributed by atoms with Gasteiger partial charge in [0.05, 0.1) is 31.5 Å². The number of carbonyl (C=O) groups excluding carboxylic acids is 1. The highest BCUT2D eigenvalue weighted by Crippen LogP contribution is 2.42. The van der Waals surface area contributed by atoms with E-state index in [9.17, 15) is 9.59 Å². The lowest BCUT2D eigenvalue weighted by Gasteiger charge is -2.18. The molecule has 9 heteroatoms. The van der Waals surface area contributed by atoms with Crippen LogP contribution in [0, 0.1) is 6.92 Å². The van der Waals surface area contributed by atoms with Gasteiger partial charge in [-0.3, -0.25) is 9.59 Å². The summed E-state index contributed by atoms with van der Waals surface area (Å²) < 4.78 is 12.3. The van der Waals surface area contributed by atoms with Crippen LogP contribution < -0.4 is 20.3 Å². The maximum absolute atomic E-state index is 13.1. The van der Waals surface area contributed by atoms with E-state index in [4.69, 9.17) is 21.1 Å². The van der Waals surface area contributed by atoms with E-state index < -0.39 is 0 Å². The highest BCUT2D eigenvalue weighted by atomic mass is 35.5. The largest absolute Gasteiger partial charge is 0.496 e. The lowest BCUT2D eigenvalue weighted by Crippen LogP contribution is -2.23. The first-order valence-corrected chi connectivity index (χ1v) is 9.37. The SMILES string of the molecule is C=CC(=O)NCc1ncc2cc(-c3c(C)c(OC)cc(OC)c3Cl)n(C)c(=O)c2n1. The molecule has 0 atom stereocenters. The first-order chi connectivity index (χ1) is 14.3. The number of halogens is 1. The highest BCUT2D eigenvalue weighted by molar-refractivity contribution is 6.35. The average molecular weight is 429 g/mol. The van der Waals surface area contributed by atoms with Crippen molar-refractivity contribution >= 4 is 28.4 Å². The number of fused-ring (bicyclic) bond motifs is 1. The molecule has 1 N–H and O–H groups in total. The van der Waals surface area contributed by atoms with Gasteiger partial charge in [0, 0.05) is 35.8 Å². The van der Waals surface area contributed by atoms with Crippen molar-refractivity contribution in [2.75, 3.05) is 14.2 Å². The van der Waals surface area contributed by atoms with E-state index >= 15 is 0 Å². The summed E-state index contributed by atoms with van der Waals surface area (Å²) in [6, 6.07) is 3.49. The second kappa shape index (κ2) is 8.54. The van der Waals surface area contributed by atoms with Crippen molar-refractivity contribution in [3.8, 4) is 22.8 Å². The fraction of sp³-hybridized carbons (Fsp3) is 0.238. The molecule has 0 saturated carbocycles. The molecule has 0 spiro atoms. The fourth-order valence-electron chi connectivity index (χ4n) is 3.15. The topological polar surface area (TPSA) is 95.3 Å². The van der Waals surface area contributed by atoms with Crippen molar-refractivity contribution in [3.63, 3.8) is 0 Å².